The minimum atomic E-state index is 0. The Bertz CT molecular complexity index is 412. The molecule has 0 bridgehead atoms. The summed E-state index contributed by atoms with van der Waals surface area (Å²) in [5.74, 6) is 6.28. The smallest absolute Gasteiger partial charge is 0.0266 e. The maximum Gasteiger partial charge on any atom is -0.0266 e. The summed E-state index contributed by atoms with van der Waals surface area (Å²) in [5.41, 5.74) is 1.41. The molecule has 0 aliphatic heterocycles. The summed E-state index contributed by atoms with van der Waals surface area (Å²) in [5, 5.41) is 0. The summed E-state index contributed by atoms with van der Waals surface area (Å²) in [6.07, 6.45) is 13.9. The fourth-order valence-corrected chi connectivity index (χ4v) is 7.74. The van der Waals surface area contributed by atoms with Crippen molar-refractivity contribution < 1.29 is 0 Å². The second kappa shape index (κ2) is 13.4. The Balaban J connectivity index is -0.000000799. The van der Waals surface area contributed by atoms with Gasteiger partial charge in [-0.15, -0.1) is 0 Å². The third-order valence-corrected chi connectivity index (χ3v) is 9.40. The van der Waals surface area contributed by atoms with Crippen LogP contribution in [0.4, 0.5) is 0 Å². The van der Waals surface area contributed by atoms with Crippen LogP contribution in [0.1, 0.15) is 143 Å². The van der Waals surface area contributed by atoms with Crippen molar-refractivity contribution in [3.05, 3.63) is 0 Å². The highest BCUT2D eigenvalue weighted by molar-refractivity contribution is 5.08. The molecule has 0 aromatic rings. The van der Waals surface area contributed by atoms with Gasteiger partial charge in [-0.25, -0.2) is 0 Å². The van der Waals surface area contributed by atoms with Gasteiger partial charge < -0.3 is 0 Å². The minimum absolute atomic E-state index is 0. The molecule has 4 rings (SSSR count). The van der Waals surface area contributed by atoms with Crippen molar-refractivity contribution in [3.8, 4) is 0 Å². The van der Waals surface area contributed by atoms with Crippen molar-refractivity contribution in [2.24, 2.45) is 46.3 Å². The summed E-state index contributed by atoms with van der Waals surface area (Å²) in [6.45, 7) is 18.4. The lowest BCUT2D eigenvalue weighted by Gasteiger charge is -2.61. The maximum atomic E-state index is 2.71. The van der Waals surface area contributed by atoms with Crippen LogP contribution in [0.15, 0.2) is 0 Å². The SMILES string of the molecule is C.C.C.C.CC.CC.CC1CCC2(C)C(CCC3C4CCC(C)C4(C)CCC32)C1. The molecule has 0 aromatic heterocycles. The van der Waals surface area contributed by atoms with Crippen molar-refractivity contribution in [2.75, 3.05) is 0 Å². The van der Waals surface area contributed by atoms with Crippen LogP contribution in [-0.4, -0.2) is 0 Å². The molecule has 8 atom stereocenters. The molecule has 4 saturated carbocycles. The van der Waals surface area contributed by atoms with Gasteiger partial charge in [-0.3, -0.25) is 0 Å². The molecule has 0 heteroatoms. The second-order valence-electron chi connectivity index (χ2n) is 10.1. The van der Waals surface area contributed by atoms with Crippen LogP contribution in [0.5, 0.6) is 0 Å². The van der Waals surface area contributed by atoms with Crippen LogP contribution in [0.25, 0.3) is 0 Å². The van der Waals surface area contributed by atoms with Crippen molar-refractivity contribution in [2.45, 2.75) is 143 Å². The third kappa shape index (κ3) is 5.63. The molecule has 4 aliphatic rings. The van der Waals surface area contributed by atoms with Gasteiger partial charge in [0.05, 0.1) is 0 Å². The Morgan fingerprint density at radius 3 is 1.69 bits per heavy atom. The first-order chi connectivity index (χ1) is 11.9. The predicted octanol–water partition coefficient (Wildman–Crippen LogP) is 10.9. The lowest BCUT2D eigenvalue weighted by molar-refractivity contribution is -0.115. The molecule has 180 valence electrons. The highest BCUT2D eigenvalue weighted by Crippen LogP contribution is 2.67. The fourth-order valence-electron chi connectivity index (χ4n) is 7.74. The van der Waals surface area contributed by atoms with Crippen molar-refractivity contribution in [1.29, 1.82) is 0 Å². The van der Waals surface area contributed by atoms with Gasteiger partial charge >= 0.3 is 0 Å². The first-order valence-electron chi connectivity index (χ1n) is 11.9. The van der Waals surface area contributed by atoms with Crippen molar-refractivity contribution >= 4 is 0 Å². The van der Waals surface area contributed by atoms with E-state index in [1.165, 1.54) is 25.7 Å². The van der Waals surface area contributed by atoms with E-state index >= 15 is 0 Å². The highest BCUT2D eigenvalue weighted by atomic mass is 14.6. The Hall–Kier alpha value is 0. The Morgan fingerprint density at radius 1 is 0.586 bits per heavy atom. The average molecular weight is 413 g/mol. The molecule has 0 amide bonds. The lowest BCUT2D eigenvalue weighted by Crippen LogP contribution is -2.53. The molecule has 0 radical (unpaired) electrons. The number of rotatable bonds is 0. The Labute approximate surface area is 189 Å². The monoisotopic (exact) mass is 413 g/mol. The van der Waals surface area contributed by atoms with Crippen LogP contribution >= 0.6 is 0 Å². The van der Waals surface area contributed by atoms with E-state index in [0.29, 0.717) is 10.8 Å². The zero-order valence-corrected chi connectivity index (χ0v) is 18.8. The molecule has 0 spiro atoms. The summed E-state index contributed by atoms with van der Waals surface area (Å²) in [6, 6.07) is 0. The molecule has 29 heavy (non-hydrogen) atoms. The average Bonchev–Trinajstić information content (AvgIpc) is 2.94. The first kappa shape index (κ1) is 33.6. The maximum absolute atomic E-state index is 2.71. The highest BCUT2D eigenvalue weighted by Gasteiger charge is 2.59. The number of fused-ring (bicyclic) bond motifs is 5. The van der Waals surface area contributed by atoms with E-state index in [2.05, 4.69) is 27.7 Å². The molecule has 8 unspecified atom stereocenters. The van der Waals surface area contributed by atoms with Crippen LogP contribution in [0.2, 0.25) is 0 Å². The number of hydrogen-bond acceptors (Lipinski definition) is 0. The molecule has 0 aromatic carbocycles. The summed E-state index contributed by atoms with van der Waals surface area (Å²) >= 11 is 0. The van der Waals surface area contributed by atoms with Crippen LogP contribution in [0, 0.1) is 46.3 Å². The van der Waals surface area contributed by atoms with E-state index in [4.69, 9.17) is 0 Å². The van der Waals surface area contributed by atoms with E-state index in [1.807, 2.05) is 27.7 Å². The standard InChI is InChI=1S/C21H36.2C2H6.4CH4/c1-14-9-11-21(4)16(13-14)6-7-17-18-8-5-15(2)20(18,3)12-10-19(17)21;2*1-2;;;;/h14-19H,5-13H2,1-4H3;2*1-2H3;4*1H4. The van der Waals surface area contributed by atoms with E-state index in [9.17, 15) is 0 Å². The van der Waals surface area contributed by atoms with Gasteiger partial charge in [0.15, 0.2) is 0 Å². The minimum Gasteiger partial charge on any atom is -0.0776 e. The van der Waals surface area contributed by atoms with Gasteiger partial charge in [0, 0.05) is 0 Å². The summed E-state index contributed by atoms with van der Waals surface area (Å²) in [7, 11) is 0. The molecule has 0 nitrogen and oxygen atoms in total. The van der Waals surface area contributed by atoms with E-state index in [1.54, 1.807) is 32.1 Å². The van der Waals surface area contributed by atoms with Crippen LogP contribution in [0.3, 0.4) is 0 Å². The molecule has 4 aliphatic carbocycles. The Morgan fingerprint density at radius 2 is 1.10 bits per heavy atom. The molecular weight excluding hydrogens is 348 g/mol. The molecular formula is C29H64. The first-order valence-corrected chi connectivity index (χ1v) is 11.9. The fraction of sp³-hybridized carbons (Fsp3) is 1.00. The van der Waals surface area contributed by atoms with Crippen LogP contribution < -0.4 is 0 Å². The zero-order chi connectivity index (χ0) is 18.8. The molecule has 0 heterocycles. The lowest BCUT2D eigenvalue weighted by atomic mass is 9.44. The van der Waals surface area contributed by atoms with Gasteiger partial charge in [0.2, 0.25) is 0 Å². The van der Waals surface area contributed by atoms with Crippen molar-refractivity contribution in [1.82, 2.24) is 0 Å². The topological polar surface area (TPSA) is 0 Å². The van der Waals surface area contributed by atoms with Gasteiger partial charge in [-0.1, -0.05) is 91.5 Å². The van der Waals surface area contributed by atoms with Gasteiger partial charge in [0.25, 0.3) is 0 Å². The zero-order valence-electron chi connectivity index (χ0n) is 18.8. The third-order valence-electron chi connectivity index (χ3n) is 9.40. The quantitative estimate of drug-likeness (QED) is 0.371. The molecule has 0 N–H and O–H groups in total. The largest absolute Gasteiger partial charge is 0.0776 e. The van der Waals surface area contributed by atoms with Gasteiger partial charge in [-0.05, 0) is 97.7 Å². The summed E-state index contributed by atoms with van der Waals surface area (Å²) < 4.78 is 0. The summed E-state index contributed by atoms with van der Waals surface area (Å²) in [4.78, 5) is 0. The van der Waals surface area contributed by atoms with Gasteiger partial charge in [-0.2, -0.15) is 0 Å². The van der Waals surface area contributed by atoms with Crippen LogP contribution in [-0.2, 0) is 0 Å². The molecule has 0 saturated heterocycles. The van der Waals surface area contributed by atoms with Crippen molar-refractivity contribution in [3.63, 3.8) is 0 Å². The molecule has 4 fully saturated rings. The predicted molar refractivity (Wildman–Crippen MR) is 140 cm³/mol. The normalized spacial score (nSPS) is 43.9. The van der Waals surface area contributed by atoms with E-state index in [-0.39, 0.29) is 29.7 Å². The number of hydrogen-bond donors (Lipinski definition) is 0. The van der Waals surface area contributed by atoms with E-state index < -0.39 is 0 Å². The van der Waals surface area contributed by atoms with Gasteiger partial charge in [0.1, 0.15) is 0 Å². The van der Waals surface area contributed by atoms with E-state index in [0.717, 1.165) is 35.5 Å². The second-order valence-corrected chi connectivity index (χ2v) is 10.1. The Kier molecular flexibility index (Phi) is 15.6.